The third kappa shape index (κ3) is 6.27. The molecule has 4 aromatic rings. The number of fused-ring (bicyclic) bond motifs is 2. The fourth-order valence-corrected chi connectivity index (χ4v) is 3.17. The zero-order chi connectivity index (χ0) is 22.9. The molecule has 0 radical (unpaired) electrons. The second-order valence-electron chi connectivity index (χ2n) is 7.30. The number of para-hydroxylation sites is 2. The monoisotopic (exact) mass is 438 g/mol. The molecule has 0 unspecified atom stereocenters. The minimum atomic E-state index is -0.274. The van der Waals surface area contributed by atoms with E-state index >= 15 is 0 Å². The van der Waals surface area contributed by atoms with Gasteiger partial charge in [0.1, 0.15) is 0 Å². The number of pyridine rings is 2. The van der Waals surface area contributed by atoms with Crippen molar-refractivity contribution in [3.8, 4) is 0 Å². The molecule has 2 aromatic carbocycles. The molecule has 0 spiro atoms. The van der Waals surface area contributed by atoms with Crippen molar-refractivity contribution in [3.05, 3.63) is 84.2 Å². The minimum Gasteiger partial charge on any atom is -0.273 e. The molecule has 2 amide bonds. The molecule has 8 nitrogen and oxygen atoms in total. The van der Waals surface area contributed by atoms with Crippen LogP contribution in [0, 0.1) is 0 Å². The van der Waals surface area contributed by atoms with Gasteiger partial charge in [0.15, 0.2) is 0 Å². The number of hydrazone groups is 2. The smallest absolute Gasteiger partial charge is 0.240 e. The lowest BCUT2D eigenvalue weighted by Crippen LogP contribution is -2.20. The van der Waals surface area contributed by atoms with E-state index in [1.807, 2.05) is 72.8 Å². The number of carbonyl (C=O) groups is 2. The second-order valence-corrected chi connectivity index (χ2v) is 7.30. The molecular formula is C25H22N6O2. The number of aromatic nitrogens is 2. The summed E-state index contributed by atoms with van der Waals surface area (Å²) in [5.41, 5.74) is 7.92. The van der Waals surface area contributed by atoms with E-state index in [1.54, 1.807) is 0 Å². The standard InChI is InChI=1S/C25H22N6O2/c32-24(30-26-16-20-14-12-18-6-1-3-8-22(18)28-20)10-5-11-25(33)31-27-17-21-15-13-19-7-2-4-9-23(19)29-21/h1-4,6-9,12-17H,5,10-11H2,(H,30,32)(H,31,33)/b26-16+,27-17+. The molecule has 0 aliphatic carbocycles. The molecule has 0 saturated heterocycles. The van der Waals surface area contributed by atoms with Gasteiger partial charge >= 0.3 is 0 Å². The van der Waals surface area contributed by atoms with Crippen LogP contribution in [-0.2, 0) is 9.59 Å². The van der Waals surface area contributed by atoms with Crippen molar-refractivity contribution in [2.24, 2.45) is 10.2 Å². The maximum Gasteiger partial charge on any atom is 0.240 e. The molecule has 164 valence electrons. The summed E-state index contributed by atoms with van der Waals surface area (Å²) in [6.45, 7) is 0. The molecule has 4 rings (SSSR count). The van der Waals surface area contributed by atoms with Gasteiger partial charge < -0.3 is 0 Å². The van der Waals surface area contributed by atoms with Gasteiger partial charge in [-0.3, -0.25) is 9.59 Å². The van der Waals surface area contributed by atoms with E-state index in [-0.39, 0.29) is 24.7 Å². The van der Waals surface area contributed by atoms with Crippen molar-refractivity contribution < 1.29 is 9.59 Å². The Hall–Kier alpha value is -4.46. The molecule has 2 aromatic heterocycles. The fraction of sp³-hybridized carbons (Fsp3) is 0.120. The topological polar surface area (TPSA) is 109 Å². The molecule has 33 heavy (non-hydrogen) atoms. The SMILES string of the molecule is O=C(CCCC(=O)N/N=C/c1ccc2ccccc2n1)N/N=C/c1ccc2ccccc2n1. The Balaban J connectivity index is 1.16. The summed E-state index contributed by atoms with van der Waals surface area (Å²) in [7, 11) is 0. The highest BCUT2D eigenvalue weighted by Crippen LogP contribution is 2.11. The molecule has 0 fully saturated rings. The highest BCUT2D eigenvalue weighted by molar-refractivity contribution is 5.87. The first-order valence-corrected chi connectivity index (χ1v) is 10.5. The van der Waals surface area contributed by atoms with Crippen LogP contribution in [0.4, 0.5) is 0 Å². The first kappa shape index (κ1) is 21.8. The lowest BCUT2D eigenvalue weighted by molar-refractivity contribution is -0.122. The van der Waals surface area contributed by atoms with Gasteiger partial charge in [-0.25, -0.2) is 20.8 Å². The molecule has 2 N–H and O–H groups in total. The van der Waals surface area contributed by atoms with Crippen LogP contribution in [-0.4, -0.2) is 34.2 Å². The molecule has 8 heteroatoms. The minimum absolute atomic E-state index is 0.172. The molecule has 2 heterocycles. The third-order valence-electron chi connectivity index (χ3n) is 4.82. The molecule has 0 aliphatic rings. The summed E-state index contributed by atoms with van der Waals surface area (Å²) in [4.78, 5) is 32.7. The van der Waals surface area contributed by atoms with Crippen LogP contribution in [0.2, 0.25) is 0 Å². The van der Waals surface area contributed by atoms with Crippen LogP contribution >= 0.6 is 0 Å². The number of rotatable bonds is 8. The number of carbonyl (C=O) groups excluding carboxylic acids is 2. The van der Waals surface area contributed by atoms with E-state index in [0.717, 1.165) is 21.8 Å². The number of benzene rings is 2. The molecular weight excluding hydrogens is 416 g/mol. The third-order valence-corrected chi connectivity index (χ3v) is 4.82. The quantitative estimate of drug-likeness (QED) is 0.324. The zero-order valence-corrected chi connectivity index (χ0v) is 17.8. The van der Waals surface area contributed by atoms with E-state index in [0.29, 0.717) is 17.8 Å². The Morgan fingerprint density at radius 1 is 0.667 bits per heavy atom. The zero-order valence-electron chi connectivity index (χ0n) is 17.8. The highest BCUT2D eigenvalue weighted by atomic mass is 16.2. The van der Waals surface area contributed by atoms with Gasteiger partial charge in [-0.15, -0.1) is 0 Å². The lowest BCUT2D eigenvalue weighted by Gasteiger charge is -2.01. The van der Waals surface area contributed by atoms with Crippen LogP contribution in [0.25, 0.3) is 21.8 Å². The molecule has 0 bridgehead atoms. The summed E-state index contributed by atoms with van der Waals surface area (Å²) in [5.74, 6) is -0.549. The number of amides is 2. The largest absolute Gasteiger partial charge is 0.273 e. The summed E-state index contributed by atoms with van der Waals surface area (Å²) >= 11 is 0. The van der Waals surface area contributed by atoms with E-state index in [2.05, 4.69) is 31.0 Å². The number of hydrogen-bond donors (Lipinski definition) is 2. The van der Waals surface area contributed by atoms with Crippen LogP contribution in [0.5, 0.6) is 0 Å². The van der Waals surface area contributed by atoms with Gasteiger partial charge in [-0.2, -0.15) is 10.2 Å². The van der Waals surface area contributed by atoms with Crippen molar-refractivity contribution in [1.82, 2.24) is 20.8 Å². The van der Waals surface area contributed by atoms with Crippen molar-refractivity contribution in [3.63, 3.8) is 0 Å². The van der Waals surface area contributed by atoms with Gasteiger partial charge in [0, 0.05) is 23.6 Å². The Kier molecular flexibility index (Phi) is 7.07. The van der Waals surface area contributed by atoms with Gasteiger partial charge in [0.25, 0.3) is 0 Å². The Labute approximate surface area is 190 Å². The number of nitrogens with one attached hydrogen (secondary N) is 2. The summed E-state index contributed by atoms with van der Waals surface area (Å²) in [6, 6.07) is 23.1. The van der Waals surface area contributed by atoms with Gasteiger partial charge in [-0.1, -0.05) is 48.5 Å². The molecule has 0 aliphatic heterocycles. The van der Waals surface area contributed by atoms with Gasteiger partial charge in [0.2, 0.25) is 11.8 Å². The number of nitrogens with zero attached hydrogens (tertiary/aromatic N) is 4. The Bertz CT molecular complexity index is 1250. The maximum absolute atomic E-state index is 11.9. The first-order chi connectivity index (χ1) is 16.2. The average Bonchev–Trinajstić information content (AvgIpc) is 2.84. The summed E-state index contributed by atoms with van der Waals surface area (Å²) < 4.78 is 0. The number of hydrogen-bond acceptors (Lipinski definition) is 6. The van der Waals surface area contributed by atoms with E-state index in [1.165, 1.54) is 12.4 Å². The van der Waals surface area contributed by atoms with E-state index in [4.69, 9.17) is 0 Å². The highest BCUT2D eigenvalue weighted by Gasteiger charge is 2.04. The van der Waals surface area contributed by atoms with Crippen LogP contribution in [0.15, 0.2) is 83.0 Å². The van der Waals surface area contributed by atoms with E-state index < -0.39 is 0 Å². The summed E-state index contributed by atoms with van der Waals surface area (Å²) in [5, 5.41) is 9.94. The second kappa shape index (κ2) is 10.7. The van der Waals surface area contributed by atoms with Crippen LogP contribution in [0.1, 0.15) is 30.7 Å². The van der Waals surface area contributed by atoms with Crippen LogP contribution < -0.4 is 10.9 Å². The predicted molar refractivity (Wildman–Crippen MR) is 129 cm³/mol. The predicted octanol–water partition coefficient (Wildman–Crippen LogP) is 3.55. The van der Waals surface area contributed by atoms with Crippen molar-refractivity contribution >= 4 is 46.0 Å². The van der Waals surface area contributed by atoms with Crippen molar-refractivity contribution in [2.45, 2.75) is 19.3 Å². The van der Waals surface area contributed by atoms with E-state index in [9.17, 15) is 9.59 Å². The van der Waals surface area contributed by atoms with Crippen LogP contribution in [0.3, 0.4) is 0 Å². The van der Waals surface area contributed by atoms with Crippen molar-refractivity contribution in [2.75, 3.05) is 0 Å². The lowest BCUT2D eigenvalue weighted by atomic mass is 10.2. The Morgan fingerprint density at radius 3 is 1.61 bits per heavy atom. The first-order valence-electron chi connectivity index (χ1n) is 10.5. The maximum atomic E-state index is 11.9. The molecule has 0 saturated carbocycles. The summed E-state index contributed by atoms with van der Waals surface area (Å²) in [6.07, 6.45) is 3.71. The van der Waals surface area contributed by atoms with Gasteiger partial charge in [-0.05, 0) is 30.7 Å². The fourth-order valence-electron chi connectivity index (χ4n) is 3.17. The Morgan fingerprint density at radius 2 is 1.12 bits per heavy atom. The normalized spacial score (nSPS) is 11.4. The molecule has 0 atom stereocenters. The average molecular weight is 438 g/mol. The van der Waals surface area contributed by atoms with Gasteiger partial charge in [0.05, 0.1) is 34.9 Å². The van der Waals surface area contributed by atoms with Crippen molar-refractivity contribution in [1.29, 1.82) is 0 Å².